The highest BCUT2D eigenvalue weighted by Crippen LogP contribution is 2.31. The summed E-state index contributed by atoms with van der Waals surface area (Å²) in [5.74, 6) is 0.0761. The van der Waals surface area contributed by atoms with Gasteiger partial charge in [-0.25, -0.2) is 0 Å². The van der Waals surface area contributed by atoms with Crippen LogP contribution in [0.5, 0.6) is 0 Å². The number of nitrogens with zero attached hydrogens (tertiary/aromatic N) is 1. The Morgan fingerprint density at radius 3 is 3.10 bits per heavy atom. The largest absolute Gasteiger partial charge is 0.397 e. The second-order valence-corrected chi connectivity index (χ2v) is 5.95. The van der Waals surface area contributed by atoms with Crippen molar-refractivity contribution < 1.29 is 4.79 Å². The average Bonchev–Trinajstić information content (AvgIpc) is 2.92. The molecule has 1 aromatic carbocycles. The molecule has 2 aliphatic rings. The van der Waals surface area contributed by atoms with Gasteiger partial charge < -0.3 is 16.4 Å². The van der Waals surface area contributed by atoms with Gasteiger partial charge in [-0.2, -0.15) is 0 Å². The van der Waals surface area contributed by atoms with Crippen molar-refractivity contribution in [1.29, 1.82) is 0 Å². The van der Waals surface area contributed by atoms with Gasteiger partial charge in [-0.3, -0.25) is 9.69 Å². The number of amides is 1. The fraction of sp³-hybridized carbons (Fsp3) is 0.562. The molecule has 0 radical (unpaired) electrons. The van der Waals surface area contributed by atoms with Gasteiger partial charge in [-0.05, 0) is 50.0 Å². The van der Waals surface area contributed by atoms with Gasteiger partial charge in [0.15, 0.2) is 0 Å². The number of fused-ring (bicyclic) bond motifs is 1. The molecule has 0 aliphatic carbocycles. The van der Waals surface area contributed by atoms with Crippen molar-refractivity contribution in [2.45, 2.75) is 38.6 Å². The van der Waals surface area contributed by atoms with Crippen molar-refractivity contribution in [3.05, 3.63) is 17.7 Å². The molecule has 0 saturated carbocycles. The lowest BCUT2D eigenvalue weighted by Crippen LogP contribution is -2.34. The third-order valence-corrected chi connectivity index (χ3v) is 4.60. The zero-order valence-electron chi connectivity index (χ0n) is 12.6. The van der Waals surface area contributed by atoms with Crippen molar-refractivity contribution >= 4 is 23.0 Å². The highest BCUT2D eigenvalue weighted by molar-refractivity contribution is 5.95. The van der Waals surface area contributed by atoms with E-state index >= 15 is 0 Å². The van der Waals surface area contributed by atoms with Crippen LogP contribution in [0, 0.1) is 0 Å². The summed E-state index contributed by atoms with van der Waals surface area (Å²) in [5.41, 5.74) is 9.85. The second kappa shape index (κ2) is 5.93. The summed E-state index contributed by atoms with van der Waals surface area (Å²) in [4.78, 5) is 13.9. The van der Waals surface area contributed by atoms with E-state index in [9.17, 15) is 4.79 Å². The van der Waals surface area contributed by atoms with E-state index in [0.29, 0.717) is 18.2 Å². The number of nitrogen functional groups attached to an aromatic ring is 1. The molecule has 1 atom stereocenters. The number of anilines is 3. The molecule has 1 fully saturated rings. The lowest BCUT2D eigenvalue weighted by molar-refractivity contribution is -0.116. The van der Waals surface area contributed by atoms with Crippen molar-refractivity contribution in [2.75, 3.05) is 36.0 Å². The molecule has 1 saturated heterocycles. The van der Waals surface area contributed by atoms with E-state index in [1.165, 1.54) is 24.9 Å². The Balaban J connectivity index is 1.70. The minimum atomic E-state index is 0.0761. The van der Waals surface area contributed by atoms with Crippen LogP contribution in [0.25, 0.3) is 0 Å². The predicted molar refractivity (Wildman–Crippen MR) is 86.6 cm³/mol. The first-order valence-corrected chi connectivity index (χ1v) is 7.87. The summed E-state index contributed by atoms with van der Waals surface area (Å²) in [6, 6.07) is 4.57. The lowest BCUT2D eigenvalue weighted by Gasteiger charge is -2.25. The third-order valence-electron chi connectivity index (χ3n) is 4.60. The van der Waals surface area contributed by atoms with Crippen LogP contribution < -0.4 is 16.4 Å². The number of carbonyl (C=O) groups excluding carboxylic acids is 1. The maximum absolute atomic E-state index is 11.4. The molecule has 2 aliphatic heterocycles. The van der Waals surface area contributed by atoms with Gasteiger partial charge in [-0.15, -0.1) is 0 Å². The summed E-state index contributed by atoms with van der Waals surface area (Å²) in [6.07, 6.45) is 3.89. The van der Waals surface area contributed by atoms with E-state index in [-0.39, 0.29) is 5.91 Å². The molecular weight excluding hydrogens is 264 g/mol. The molecule has 2 heterocycles. The molecule has 3 rings (SSSR count). The van der Waals surface area contributed by atoms with Gasteiger partial charge in [0.1, 0.15) is 0 Å². The molecule has 1 amide bonds. The average molecular weight is 288 g/mol. The van der Waals surface area contributed by atoms with Crippen molar-refractivity contribution in [1.82, 2.24) is 4.90 Å². The number of hydrogen-bond acceptors (Lipinski definition) is 4. The molecule has 0 aromatic heterocycles. The molecule has 0 bridgehead atoms. The van der Waals surface area contributed by atoms with Crippen LogP contribution >= 0.6 is 0 Å². The number of likely N-dealkylation sites (tertiary alicyclic amines) is 1. The van der Waals surface area contributed by atoms with Crippen molar-refractivity contribution in [2.24, 2.45) is 0 Å². The number of likely N-dealkylation sites (N-methyl/N-ethyl adjacent to an activating group) is 1. The number of aryl methyl sites for hydroxylation is 1. The van der Waals surface area contributed by atoms with Gasteiger partial charge in [0.25, 0.3) is 0 Å². The van der Waals surface area contributed by atoms with Crippen LogP contribution in [0.4, 0.5) is 17.1 Å². The minimum absolute atomic E-state index is 0.0761. The summed E-state index contributed by atoms with van der Waals surface area (Å²) in [6.45, 7) is 5.46. The first kappa shape index (κ1) is 14.2. The summed E-state index contributed by atoms with van der Waals surface area (Å²) >= 11 is 0. The molecule has 5 nitrogen and oxygen atoms in total. The van der Waals surface area contributed by atoms with Gasteiger partial charge in [0, 0.05) is 24.7 Å². The quantitative estimate of drug-likeness (QED) is 0.742. The van der Waals surface area contributed by atoms with E-state index in [4.69, 9.17) is 5.73 Å². The Bertz CT molecular complexity index is 543. The summed E-state index contributed by atoms with van der Waals surface area (Å²) < 4.78 is 0. The number of carbonyl (C=O) groups is 1. The van der Waals surface area contributed by atoms with E-state index in [1.54, 1.807) is 0 Å². The molecule has 4 N–H and O–H groups in total. The maximum Gasteiger partial charge on any atom is 0.224 e. The Labute approximate surface area is 125 Å². The minimum Gasteiger partial charge on any atom is -0.397 e. The normalized spacial score (nSPS) is 22.0. The predicted octanol–water partition coefficient (Wildman–Crippen LogP) is 2.05. The first-order valence-electron chi connectivity index (χ1n) is 7.87. The lowest BCUT2D eigenvalue weighted by atomic mass is 10.0. The zero-order chi connectivity index (χ0) is 14.8. The molecule has 21 heavy (non-hydrogen) atoms. The monoisotopic (exact) mass is 288 g/mol. The van der Waals surface area contributed by atoms with E-state index in [1.807, 2.05) is 6.07 Å². The maximum atomic E-state index is 11.4. The van der Waals surface area contributed by atoms with Gasteiger partial charge in [0.2, 0.25) is 5.91 Å². The van der Waals surface area contributed by atoms with E-state index < -0.39 is 0 Å². The molecule has 1 unspecified atom stereocenters. The highest BCUT2D eigenvalue weighted by atomic mass is 16.1. The Morgan fingerprint density at radius 2 is 2.29 bits per heavy atom. The van der Waals surface area contributed by atoms with Crippen LogP contribution in [0.1, 0.15) is 31.7 Å². The van der Waals surface area contributed by atoms with Gasteiger partial charge >= 0.3 is 0 Å². The Morgan fingerprint density at radius 1 is 1.43 bits per heavy atom. The fourth-order valence-corrected chi connectivity index (χ4v) is 3.37. The summed E-state index contributed by atoms with van der Waals surface area (Å²) in [7, 11) is 0. The topological polar surface area (TPSA) is 70.4 Å². The molecule has 1 aromatic rings. The SMILES string of the molecule is CCN1CCCC1CNc1cc2c(cc1N)NC(=O)CC2. The van der Waals surface area contributed by atoms with Gasteiger partial charge in [0.05, 0.1) is 11.4 Å². The molecular formula is C16H24N4O. The summed E-state index contributed by atoms with van der Waals surface area (Å²) in [5, 5.41) is 6.39. The number of nitrogens with two attached hydrogens (primary N) is 1. The fourth-order valence-electron chi connectivity index (χ4n) is 3.37. The van der Waals surface area contributed by atoms with Crippen LogP contribution in [0.3, 0.4) is 0 Å². The number of rotatable bonds is 4. The first-order chi connectivity index (χ1) is 10.2. The Kier molecular flexibility index (Phi) is 4.01. The van der Waals surface area contributed by atoms with E-state index in [2.05, 4.69) is 28.5 Å². The van der Waals surface area contributed by atoms with Gasteiger partial charge in [-0.1, -0.05) is 6.92 Å². The van der Waals surface area contributed by atoms with Crippen molar-refractivity contribution in [3.8, 4) is 0 Å². The second-order valence-electron chi connectivity index (χ2n) is 5.95. The standard InChI is InChI=1S/C16H24N4O/c1-2-20-7-3-4-12(20)10-18-15-8-11-5-6-16(21)19-14(11)9-13(15)17/h8-9,12,18H,2-7,10,17H2,1H3,(H,19,21). The van der Waals surface area contributed by atoms with Crippen LogP contribution in [-0.2, 0) is 11.2 Å². The molecule has 0 spiro atoms. The number of nitrogens with one attached hydrogen (secondary N) is 2. The molecule has 5 heteroatoms. The number of benzene rings is 1. The zero-order valence-corrected chi connectivity index (χ0v) is 12.6. The van der Waals surface area contributed by atoms with E-state index in [0.717, 1.165) is 30.9 Å². The van der Waals surface area contributed by atoms with Crippen LogP contribution in [0.15, 0.2) is 12.1 Å². The smallest absolute Gasteiger partial charge is 0.224 e. The highest BCUT2D eigenvalue weighted by Gasteiger charge is 2.23. The molecule has 114 valence electrons. The third kappa shape index (κ3) is 2.97. The number of hydrogen-bond donors (Lipinski definition) is 3. The van der Waals surface area contributed by atoms with Crippen LogP contribution in [-0.4, -0.2) is 36.5 Å². The van der Waals surface area contributed by atoms with Crippen LogP contribution in [0.2, 0.25) is 0 Å². The Hall–Kier alpha value is -1.75. The van der Waals surface area contributed by atoms with Crippen molar-refractivity contribution in [3.63, 3.8) is 0 Å².